The van der Waals surface area contributed by atoms with Gasteiger partial charge in [-0.3, -0.25) is 4.79 Å². The molecule has 1 aromatic rings. The van der Waals surface area contributed by atoms with Gasteiger partial charge in [-0.25, -0.2) is 13.4 Å². The summed E-state index contributed by atoms with van der Waals surface area (Å²) in [5.41, 5.74) is 0.883. The van der Waals surface area contributed by atoms with Gasteiger partial charge in [0.1, 0.15) is 0 Å². The molecule has 1 aromatic heterocycles. The molecule has 1 atom stereocenters. The van der Waals surface area contributed by atoms with E-state index in [9.17, 15) is 13.2 Å². The summed E-state index contributed by atoms with van der Waals surface area (Å²) in [7, 11) is -1.37. The number of carbonyl (C=O) groups is 1. The first kappa shape index (κ1) is 16.2. The Labute approximate surface area is 129 Å². The Hall–Kier alpha value is -1.21. The highest BCUT2D eigenvalue weighted by atomic mass is 32.2. The molecule has 0 saturated carbocycles. The Balaban J connectivity index is 1.89. The Morgan fingerprint density at radius 3 is 2.76 bits per heavy atom. The maximum atomic E-state index is 12.1. The van der Waals surface area contributed by atoms with Crippen molar-refractivity contribution in [3.05, 3.63) is 27.6 Å². The molecule has 0 radical (unpaired) electrons. The zero-order chi connectivity index (χ0) is 15.6. The van der Waals surface area contributed by atoms with E-state index in [1.807, 2.05) is 5.38 Å². The predicted molar refractivity (Wildman–Crippen MR) is 83.7 cm³/mol. The number of nitrogens with zero attached hydrogens (tertiary/aromatic N) is 2. The van der Waals surface area contributed by atoms with E-state index >= 15 is 0 Å². The third-order valence-electron chi connectivity index (χ3n) is 3.33. The number of carbonyl (C=O) groups excluding carboxylic acids is 1. The van der Waals surface area contributed by atoms with Crippen molar-refractivity contribution in [2.45, 2.75) is 32.7 Å². The van der Waals surface area contributed by atoms with Crippen molar-refractivity contribution >= 4 is 27.1 Å². The highest BCUT2D eigenvalue weighted by Crippen LogP contribution is 2.21. The highest BCUT2D eigenvalue weighted by molar-refractivity contribution is 7.94. The van der Waals surface area contributed by atoms with Gasteiger partial charge < -0.3 is 4.90 Å². The van der Waals surface area contributed by atoms with Gasteiger partial charge in [-0.2, -0.15) is 0 Å². The van der Waals surface area contributed by atoms with E-state index < -0.39 is 9.84 Å². The van der Waals surface area contributed by atoms with E-state index in [0.717, 1.165) is 10.7 Å². The third kappa shape index (κ3) is 4.38. The van der Waals surface area contributed by atoms with Gasteiger partial charge in [0.25, 0.3) is 0 Å². The highest BCUT2D eigenvalue weighted by Gasteiger charge is 2.25. The van der Waals surface area contributed by atoms with E-state index in [1.165, 1.54) is 5.41 Å². The van der Waals surface area contributed by atoms with Crippen molar-refractivity contribution < 1.29 is 13.2 Å². The van der Waals surface area contributed by atoms with Crippen LogP contribution in [0.3, 0.4) is 0 Å². The summed E-state index contributed by atoms with van der Waals surface area (Å²) in [6.45, 7) is 4.64. The maximum Gasteiger partial charge on any atom is 0.223 e. The minimum Gasteiger partial charge on any atom is -0.340 e. The van der Waals surface area contributed by atoms with Crippen LogP contribution in [0.4, 0.5) is 0 Å². The first-order valence-electron chi connectivity index (χ1n) is 6.86. The van der Waals surface area contributed by atoms with Gasteiger partial charge >= 0.3 is 0 Å². The van der Waals surface area contributed by atoms with Gasteiger partial charge in [0.2, 0.25) is 5.91 Å². The summed E-state index contributed by atoms with van der Waals surface area (Å²) in [5, 5.41) is 4.25. The van der Waals surface area contributed by atoms with Crippen LogP contribution in [0.5, 0.6) is 0 Å². The lowest BCUT2D eigenvalue weighted by Gasteiger charge is -2.17. The Morgan fingerprint density at radius 1 is 1.52 bits per heavy atom. The molecule has 1 amide bonds. The Kier molecular flexibility index (Phi) is 4.83. The fourth-order valence-corrected chi connectivity index (χ4v) is 4.36. The maximum absolute atomic E-state index is 12.1. The Bertz CT molecular complexity index is 647. The van der Waals surface area contributed by atoms with E-state index in [0.29, 0.717) is 12.5 Å². The van der Waals surface area contributed by atoms with Crippen LogP contribution in [0.25, 0.3) is 0 Å². The number of rotatable bonds is 5. The average molecular weight is 328 g/mol. The zero-order valence-corrected chi connectivity index (χ0v) is 14.1. The quantitative estimate of drug-likeness (QED) is 0.831. The molecule has 0 aromatic carbocycles. The van der Waals surface area contributed by atoms with Gasteiger partial charge in [-0.1, -0.05) is 19.9 Å². The molecule has 21 heavy (non-hydrogen) atoms. The van der Waals surface area contributed by atoms with Gasteiger partial charge in [0.05, 0.1) is 23.0 Å². The molecular weight excluding hydrogens is 308 g/mol. The lowest BCUT2D eigenvalue weighted by Crippen LogP contribution is -2.28. The van der Waals surface area contributed by atoms with Gasteiger partial charge in [-0.15, -0.1) is 11.3 Å². The summed E-state index contributed by atoms with van der Waals surface area (Å²) in [5.74, 6) is 0.173. The van der Waals surface area contributed by atoms with Gasteiger partial charge in [0, 0.05) is 36.1 Å². The largest absolute Gasteiger partial charge is 0.340 e. The zero-order valence-electron chi connectivity index (χ0n) is 12.4. The van der Waals surface area contributed by atoms with Crippen LogP contribution >= 0.6 is 11.3 Å². The first-order valence-corrected chi connectivity index (χ1v) is 9.45. The van der Waals surface area contributed by atoms with Crippen molar-refractivity contribution in [3.63, 3.8) is 0 Å². The number of hydrogen-bond donors (Lipinski definition) is 0. The van der Waals surface area contributed by atoms with Crippen LogP contribution in [0, 0.1) is 5.92 Å². The molecule has 0 fully saturated rings. The number of allylic oxidation sites excluding steroid dienone is 1. The molecule has 2 rings (SSSR count). The summed E-state index contributed by atoms with van der Waals surface area (Å²) >= 11 is 1.60. The molecule has 1 aliphatic heterocycles. The van der Waals surface area contributed by atoms with E-state index in [1.54, 1.807) is 29.4 Å². The van der Waals surface area contributed by atoms with Gasteiger partial charge in [0.15, 0.2) is 9.84 Å². The second kappa shape index (κ2) is 6.27. The molecule has 7 heteroatoms. The summed E-state index contributed by atoms with van der Waals surface area (Å²) in [4.78, 5) is 18.2. The first-order chi connectivity index (χ1) is 9.77. The molecule has 2 heterocycles. The van der Waals surface area contributed by atoms with Crippen LogP contribution < -0.4 is 0 Å². The molecule has 0 N–H and O–H groups in total. The van der Waals surface area contributed by atoms with E-state index in [4.69, 9.17) is 0 Å². The second-order valence-electron chi connectivity index (χ2n) is 5.70. The Morgan fingerprint density at radius 2 is 2.24 bits per heavy atom. The van der Waals surface area contributed by atoms with Crippen LogP contribution in [-0.4, -0.2) is 37.0 Å². The number of hydrogen-bond acceptors (Lipinski definition) is 5. The number of amides is 1. The third-order valence-corrected chi connectivity index (χ3v) is 5.99. The topological polar surface area (TPSA) is 67.3 Å². The van der Waals surface area contributed by atoms with Gasteiger partial charge in [-0.05, 0) is 0 Å². The van der Waals surface area contributed by atoms with Crippen molar-refractivity contribution in [1.29, 1.82) is 0 Å². The molecule has 0 saturated heterocycles. The second-order valence-corrected chi connectivity index (χ2v) is 8.52. The lowest BCUT2D eigenvalue weighted by atomic mass is 10.1. The smallest absolute Gasteiger partial charge is 0.223 e. The number of sulfone groups is 1. The molecule has 116 valence electrons. The molecule has 0 spiro atoms. The van der Waals surface area contributed by atoms with E-state index in [-0.39, 0.29) is 24.0 Å². The fraction of sp³-hybridized carbons (Fsp3) is 0.571. The predicted octanol–water partition coefficient (Wildman–Crippen LogP) is 2.17. The number of aromatic nitrogens is 1. The summed E-state index contributed by atoms with van der Waals surface area (Å²) < 4.78 is 22.7. The van der Waals surface area contributed by atoms with Crippen LogP contribution in [-0.2, 0) is 21.2 Å². The summed E-state index contributed by atoms with van der Waals surface area (Å²) in [6.07, 6.45) is 1.84. The minimum absolute atomic E-state index is 0.0424. The van der Waals surface area contributed by atoms with Crippen molar-refractivity contribution in [3.8, 4) is 0 Å². The van der Waals surface area contributed by atoms with Crippen LogP contribution in [0.15, 0.2) is 16.9 Å². The van der Waals surface area contributed by atoms with Crippen molar-refractivity contribution in [2.24, 2.45) is 5.92 Å². The lowest BCUT2D eigenvalue weighted by molar-refractivity contribution is -0.131. The van der Waals surface area contributed by atoms with Crippen LogP contribution in [0.2, 0.25) is 0 Å². The number of thiazole rings is 1. The average Bonchev–Trinajstić information content (AvgIpc) is 2.96. The molecule has 0 bridgehead atoms. The standard InChI is InChI=1S/C14H20N2O3S2/c1-10(2)14-15-12(8-20-14)7-16(3)13(17)6-11-4-5-21(18,19)9-11/h4-5,8,10-11H,6-7,9H2,1-3H3/t11-/m0/s1. The van der Waals surface area contributed by atoms with Crippen molar-refractivity contribution in [2.75, 3.05) is 12.8 Å². The molecule has 0 unspecified atom stereocenters. The fourth-order valence-electron chi connectivity index (χ4n) is 2.14. The molecular formula is C14H20N2O3S2. The molecule has 0 aliphatic carbocycles. The van der Waals surface area contributed by atoms with Crippen molar-refractivity contribution in [1.82, 2.24) is 9.88 Å². The normalized spacial score (nSPS) is 20.1. The summed E-state index contributed by atoms with van der Waals surface area (Å²) in [6, 6.07) is 0. The minimum atomic E-state index is -3.09. The molecule has 5 nitrogen and oxygen atoms in total. The van der Waals surface area contributed by atoms with Crippen LogP contribution in [0.1, 0.15) is 36.9 Å². The molecule has 1 aliphatic rings. The van der Waals surface area contributed by atoms with E-state index in [2.05, 4.69) is 18.8 Å². The SMILES string of the molecule is CC(C)c1nc(CN(C)C(=O)C[C@@H]2C=CS(=O)(=O)C2)cs1. The monoisotopic (exact) mass is 328 g/mol.